The highest BCUT2D eigenvalue weighted by Gasteiger charge is 2.20. The first kappa shape index (κ1) is 17.9. The molecule has 0 saturated carbocycles. The summed E-state index contributed by atoms with van der Waals surface area (Å²) in [5, 5.41) is 0.654. The van der Waals surface area contributed by atoms with E-state index in [0.717, 1.165) is 6.42 Å². The predicted octanol–water partition coefficient (Wildman–Crippen LogP) is 4.32. The molecule has 0 amide bonds. The maximum atomic E-state index is 12.4. The summed E-state index contributed by atoms with van der Waals surface area (Å²) in [5.41, 5.74) is -0.207. The molecule has 0 fully saturated rings. The van der Waals surface area contributed by atoms with Gasteiger partial charge in [-0.15, -0.1) is 0 Å². The van der Waals surface area contributed by atoms with Crippen LogP contribution in [0, 0.1) is 0 Å². The van der Waals surface area contributed by atoms with Gasteiger partial charge in [0.05, 0.1) is 25.2 Å². The summed E-state index contributed by atoms with van der Waals surface area (Å²) in [5.74, 6) is 0.986. The lowest BCUT2D eigenvalue weighted by Gasteiger charge is -2.16. The molecule has 1 aromatic carbocycles. The minimum Gasteiger partial charge on any atom is -0.493 e. The molecule has 0 saturated heterocycles. The van der Waals surface area contributed by atoms with Crippen molar-refractivity contribution in [1.82, 2.24) is 0 Å². The van der Waals surface area contributed by atoms with Gasteiger partial charge >= 0.3 is 5.63 Å². The molecule has 2 aromatic rings. The van der Waals surface area contributed by atoms with Crippen LogP contribution in [0.3, 0.4) is 0 Å². The Morgan fingerprint density at radius 2 is 2.00 bits per heavy atom. The fraction of sp³-hybridized carbons (Fsp3) is 0.421. The number of allylic oxidation sites excluding steroid dienone is 1. The fourth-order valence-electron chi connectivity index (χ4n) is 2.31. The minimum absolute atomic E-state index is 0.106. The first-order chi connectivity index (χ1) is 11.6. The molecule has 1 heterocycles. The Bertz CT molecular complexity index is 758. The molecule has 0 aliphatic heterocycles. The van der Waals surface area contributed by atoms with E-state index >= 15 is 0 Å². The van der Waals surface area contributed by atoms with Crippen molar-refractivity contribution in [3.05, 3.63) is 40.8 Å². The normalized spacial score (nSPS) is 11.4. The summed E-state index contributed by atoms with van der Waals surface area (Å²) in [6.45, 7) is 6.24. The van der Waals surface area contributed by atoms with Crippen molar-refractivity contribution in [3.8, 4) is 17.2 Å². The molecule has 24 heavy (non-hydrogen) atoms. The Kier molecular flexibility index (Phi) is 6.29. The van der Waals surface area contributed by atoms with Gasteiger partial charge in [-0.3, -0.25) is 0 Å². The quantitative estimate of drug-likeness (QED) is 0.409. The van der Waals surface area contributed by atoms with Crippen molar-refractivity contribution >= 4 is 11.0 Å². The molecule has 130 valence electrons. The Morgan fingerprint density at radius 3 is 2.67 bits per heavy atom. The smallest absolute Gasteiger partial charge is 0.383 e. The molecule has 5 heteroatoms. The van der Waals surface area contributed by atoms with Gasteiger partial charge in [-0.1, -0.05) is 25.1 Å². The first-order valence-corrected chi connectivity index (χ1v) is 8.16. The van der Waals surface area contributed by atoms with Crippen LogP contribution < -0.4 is 19.8 Å². The summed E-state index contributed by atoms with van der Waals surface area (Å²) in [4.78, 5) is 12.4. The number of ether oxygens (including phenoxy) is 3. The van der Waals surface area contributed by atoms with Gasteiger partial charge in [-0.05, 0) is 38.8 Å². The topological polar surface area (TPSA) is 57.9 Å². The van der Waals surface area contributed by atoms with Gasteiger partial charge in [0.15, 0.2) is 17.1 Å². The van der Waals surface area contributed by atoms with Crippen LogP contribution in [0.25, 0.3) is 11.0 Å². The van der Waals surface area contributed by atoms with Gasteiger partial charge in [0, 0.05) is 0 Å². The van der Waals surface area contributed by atoms with E-state index in [1.54, 1.807) is 6.07 Å². The lowest BCUT2D eigenvalue weighted by atomic mass is 10.2. The number of benzene rings is 1. The Balaban J connectivity index is 2.46. The molecular formula is C19H24O5. The van der Waals surface area contributed by atoms with Crippen molar-refractivity contribution in [2.24, 2.45) is 0 Å². The number of para-hydroxylation sites is 1. The van der Waals surface area contributed by atoms with Crippen LogP contribution in [0.2, 0.25) is 0 Å². The second kappa shape index (κ2) is 8.43. The van der Waals surface area contributed by atoms with Crippen LogP contribution in [-0.4, -0.2) is 19.8 Å². The highest BCUT2D eigenvalue weighted by molar-refractivity contribution is 5.89. The molecular weight excluding hydrogens is 308 g/mol. The second-order valence-electron chi connectivity index (χ2n) is 5.57. The van der Waals surface area contributed by atoms with Gasteiger partial charge in [0.2, 0.25) is 5.75 Å². The second-order valence-corrected chi connectivity index (χ2v) is 5.57. The number of fused-ring (bicyclic) bond motifs is 1. The number of hydrogen-bond acceptors (Lipinski definition) is 5. The Hall–Kier alpha value is -2.43. The van der Waals surface area contributed by atoms with E-state index in [4.69, 9.17) is 18.6 Å². The maximum absolute atomic E-state index is 12.4. The third-order valence-electron chi connectivity index (χ3n) is 3.32. The Morgan fingerprint density at radius 1 is 1.21 bits per heavy atom. The third-order valence-corrected chi connectivity index (χ3v) is 3.32. The molecule has 0 unspecified atom stereocenters. The average Bonchev–Trinajstić information content (AvgIpc) is 2.55. The summed E-state index contributed by atoms with van der Waals surface area (Å²) in [6.07, 6.45) is 5.66. The zero-order chi connectivity index (χ0) is 17.5. The van der Waals surface area contributed by atoms with Gasteiger partial charge in [0.1, 0.15) is 0 Å². The number of hydrogen-bond donors (Lipinski definition) is 0. The van der Waals surface area contributed by atoms with E-state index in [2.05, 4.69) is 13.0 Å². The van der Waals surface area contributed by atoms with Crippen molar-refractivity contribution in [2.75, 3.05) is 13.7 Å². The highest BCUT2D eigenvalue weighted by Crippen LogP contribution is 2.37. The van der Waals surface area contributed by atoms with E-state index < -0.39 is 5.63 Å². The van der Waals surface area contributed by atoms with Crippen LogP contribution in [0.1, 0.15) is 33.6 Å². The van der Waals surface area contributed by atoms with E-state index in [0.29, 0.717) is 35.5 Å². The highest BCUT2D eigenvalue weighted by atomic mass is 16.5. The van der Waals surface area contributed by atoms with E-state index in [9.17, 15) is 4.79 Å². The van der Waals surface area contributed by atoms with Gasteiger partial charge in [-0.25, -0.2) is 4.79 Å². The predicted molar refractivity (Wildman–Crippen MR) is 94.3 cm³/mol. The van der Waals surface area contributed by atoms with E-state index in [1.165, 1.54) is 7.11 Å². The van der Waals surface area contributed by atoms with Crippen molar-refractivity contribution in [2.45, 2.75) is 39.7 Å². The molecule has 2 rings (SSSR count). The van der Waals surface area contributed by atoms with Gasteiger partial charge in [0.25, 0.3) is 0 Å². The fourth-order valence-corrected chi connectivity index (χ4v) is 2.31. The van der Waals surface area contributed by atoms with Gasteiger partial charge < -0.3 is 18.6 Å². The van der Waals surface area contributed by atoms with Gasteiger partial charge in [-0.2, -0.15) is 0 Å². The number of rotatable bonds is 8. The van der Waals surface area contributed by atoms with Crippen molar-refractivity contribution in [1.29, 1.82) is 0 Å². The molecule has 0 aliphatic rings. The lowest BCUT2D eigenvalue weighted by molar-refractivity contribution is 0.219. The van der Waals surface area contributed by atoms with Crippen molar-refractivity contribution < 1.29 is 18.6 Å². The van der Waals surface area contributed by atoms with Crippen LogP contribution in [0.15, 0.2) is 39.6 Å². The SMILES string of the molecule is CCC=CCCOc1c(OC(C)C)c2cccc(OC)c2oc1=O. The van der Waals surface area contributed by atoms with Crippen LogP contribution in [-0.2, 0) is 0 Å². The van der Waals surface area contributed by atoms with Crippen molar-refractivity contribution in [3.63, 3.8) is 0 Å². The van der Waals surface area contributed by atoms with Crippen LogP contribution in [0.4, 0.5) is 0 Å². The average molecular weight is 332 g/mol. The zero-order valence-electron chi connectivity index (χ0n) is 14.6. The Labute approximate surface area is 141 Å². The standard InChI is InChI=1S/C19H24O5/c1-5-6-7-8-12-22-18-17(23-13(2)3)14-10-9-11-15(21-4)16(14)24-19(18)20/h6-7,9-11,13H,5,8,12H2,1-4H3. The summed E-state index contributed by atoms with van der Waals surface area (Å²) in [6, 6.07) is 5.38. The molecule has 5 nitrogen and oxygen atoms in total. The molecule has 0 atom stereocenters. The third kappa shape index (κ3) is 4.10. The maximum Gasteiger partial charge on any atom is 0.383 e. The zero-order valence-corrected chi connectivity index (χ0v) is 14.6. The summed E-state index contributed by atoms with van der Waals surface area (Å²) in [7, 11) is 1.53. The van der Waals surface area contributed by atoms with Crippen LogP contribution >= 0.6 is 0 Å². The molecule has 0 N–H and O–H groups in total. The van der Waals surface area contributed by atoms with E-state index in [1.807, 2.05) is 32.1 Å². The minimum atomic E-state index is -0.567. The molecule has 0 radical (unpaired) electrons. The van der Waals surface area contributed by atoms with E-state index in [-0.39, 0.29) is 11.9 Å². The monoisotopic (exact) mass is 332 g/mol. The number of methoxy groups -OCH3 is 1. The molecule has 0 bridgehead atoms. The largest absolute Gasteiger partial charge is 0.493 e. The van der Waals surface area contributed by atoms with Crippen LogP contribution in [0.5, 0.6) is 17.2 Å². The first-order valence-electron chi connectivity index (χ1n) is 8.16. The lowest BCUT2D eigenvalue weighted by Crippen LogP contribution is -2.14. The molecule has 0 spiro atoms. The summed E-state index contributed by atoms with van der Waals surface area (Å²) >= 11 is 0. The molecule has 0 aliphatic carbocycles. The summed E-state index contributed by atoms with van der Waals surface area (Å²) < 4.78 is 22.2. The molecule has 1 aromatic heterocycles.